The number of aliphatic hydroxyl groups is 1. The van der Waals surface area contributed by atoms with Gasteiger partial charge in [-0.15, -0.1) is 0 Å². The van der Waals surface area contributed by atoms with E-state index in [1.54, 1.807) is 0 Å². The minimum Gasteiger partial charge on any atom is -0.396 e. The Hall–Kier alpha value is -0.610. The van der Waals surface area contributed by atoms with Crippen molar-refractivity contribution in [2.24, 2.45) is 11.8 Å². The third kappa shape index (κ3) is 5.14. The van der Waals surface area contributed by atoms with Gasteiger partial charge in [0.1, 0.15) is 0 Å². The van der Waals surface area contributed by atoms with Gasteiger partial charge in [-0.25, -0.2) is 0 Å². The van der Waals surface area contributed by atoms with Crippen molar-refractivity contribution in [2.45, 2.75) is 26.2 Å². The lowest BCUT2D eigenvalue weighted by Gasteiger charge is -2.12. The summed E-state index contributed by atoms with van der Waals surface area (Å²) in [6.07, 6.45) is 2.50. The van der Waals surface area contributed by atoms with E-state index in [0.717, 1.165) is 25.9 Å². The Morgan fingerprint density at radius 3 is 3.07 bits per heavy atom. The highest BCUT2D eigenvalue weighted by Crippen LogP contribution is 2.11. The molecule has 1 aliphatic rings. The SMILES string of the molecule is CC(CCO)CNC(=O)CC1CCNC1. The van der Waals surface area contributed by atoms with Crippen LogP contribution in [-0.4, -0.2) is 37.3 Å². The van der Waals surface area contributed by atoms with Gasteiger partial charge in [0, 0.05) is 19.6 Å². The largest absolute Gasteiger partial charge is 0.396 e. The Morgan fingerprint density at radius 2 is 2.47 bits per heavy atom. The van der Waals surface area contributed by atoms with Crippen molar-refractivity contribution in [3.8, 4) is 0 Å². The summed E-state index contributed by atoms with van der Waals surface area (Å²) in [4.78, 5) is 11.5. The lowest BCUT2D eigenvalue weighted by Crippen LogP contribution is -2.30. The summed E-state index contributed by atoms with van der Waals surface area (Å²) in [5, 5.41) is 14.9. The number of nitrogens with one attached hydrogen (secondary N) is 2. The highest BCUT2D eigenvalue weighted by atomic mass is 16.3. The zero-order valence-electron chi connectivity index (χ0n) is 9.46. The van der Waals surface area contributed by atoms with Crippen LogP contribution >= 0.6 is 0 Å². The summed E-state index contributed by atoms with van der Waals surface area (Å²) >= 11 is 0. The molecule has 4 nitrogen and oxygen atoms in total. The molecule has 1 aliphatic heterocycles. The van der Waals surface area contributed by atoms with E-state index in [-0.39, 0.29) is 12.5 Å². The molecular formula is C11H22N2O2. The van der Waals surface area contributed by atoms with Crippen LogP contribution in [0.5, 0.6) is 0 Å². The first-order chi connectivity index (χ1) is 7.22. The standard InChI is InChI=1S/C11H22N2O2/c1-9(3-5-14)7-13-11(15)6-10-2-4-12-8-10/h9-10,12,14H,2-8H2,1H3,(H,13,15). The molecule has 0 spiro atoms. The predicted octanol–water partition coefficient (Wildman–Crippen LogP) is 0.121. The van der Waals surface area contributed by atoms with Gasteiger partial charge in [0.15, 0.2) is 0 Å². The maximum atomic E-state index is 11.5. The Balaban J connectivity index is 2.07. The van der Waals surface area contributed by atoms with Crippen molar-refractivity contribution in [3.05, 3.63) is 0 Å². The molecule has 0 radical (unpaired) electrons. The molecule has 15 heavy (non-hydrogen) atoms. The first kappa shape index (κ1) is 12.5. The number of hydrogen-bond donors (Lipinski definition) is 3. The molecule has 1 rings (SSSR count). The smallest absolute Gasteiger partial charge is 0.220 e. The Labute approximate surface area is 91.4 Å². The Morgan fingerprint density at radius 1 is 1.67 bits per heavy atom. The summed E-state index contributed by atoms with van der Waals surface area (Å²) in [5.41, 5.74) is 0. The molecule has 3 N–H and O–H groups in total. The number of carbonyl (C=O) groups is 1. The quantitative estimate of drug-likeness (QED) is 0.588. The molecule has 0 aliphatic carbocycles. The number of aliphatic hydroxyl groups excluding tert-OH is 1. The first-order valence-corrected chi connectivity index (χ1v) is 5.80. The highest BCUT2D eigenvalue weighted by molar-refractivity contribution is 5.76. The minimum atomic E-state index is 0.147. The van der Waals surface area contributed by atoms with E-state index in [1.165, 1.54) is 0 Å². The zero-order chi connectivity index (χ0) is 11.1. The maximum Gasteiger partial charge on any atom is 0.220 e. The normalized spacial score (nSPS) is 22.7. The predicted molar refractivity (Wildman–Crippen MR) is 59.5 cm³/mol. The van der Waals surface area contributed by atoms with E-state index >= 15 is 0 Å². The van der Waals surface area contributed by atoms with Crippen molar-refractivity contribution >= 4 is 5.91 Å². The van der Waals surface area contributed by atoms with Gasteiger partial charge >= 0.3 is 0 Å². The van der Waals surface area contributed by atoms with E-state index < -0.39 is 0 Å². The lowest BCUT2D eigenvalue weighted by atomic mass is 10.0. The molecule has 1 saturated heterocycles. The third-order valence-electron chi connectivity index (χ3n) is 2.91. The van der Waals surface area contributed by atoms with Crippen molar-refractivity contribution < 1.29 is 9.90 Å². The van der Waals surface area contributed by atoms with Gasteiger partial charge in [-0.2, -0.15) is 0 Å². The van der Waals surface area contributed by atoms with E-state index in [4.69, 9.17) is 5.11 Å². The van der Waals surface area contributed by atoms with Crippen LogP contribution in [0.2, 0.25) is 0 Å². The summed E-state index contributed by atoms with van der Waals surface area (Å²) in [6.45, 7) is 4.93. The van der Waals surface area contributed by atoms with Gasteiger partial charge in [-0.3, -0.25) is 4.79 Å². The molecule has 4 heteroatoms. The number of amides is 1. The Kier molecular flexibility index (Phi) is 5.65. The lowest BCUT2D eigenvalue weighted by molar-refractivity contribution is -0.122. The maximum absolute atomic E-state index is 11.5. The molecule has 1 fully saturated rings. The number of hydrogen-bond acceptors (Lipinski definition) is 3. The fourth-order valence-electron chi connectivity index (χ4n) is 1.83. The molecule has 1 amide bonds. The van der Waals surface area contributed by atoms with Crippen LogP contribution in [0.1, 0.15) is 26.2 Å². The molecule has 0 aromatic heterocycles. The van der Waals surface area contributed by atoms with E-state index in [2.05, 4.69) is 10.6 Å². The van der Waals surface area contributed by atoms with Gasteiger partial charge in [0.05, 0.1) is 0 Å². The van der Waals surface area contributed by atoms with Crippen LogP contribution in [0.25, 0.3) is 0 Å². The first-order valence-electron chi connectivity index (χ1n) is 5.80. The van der Waals surface area contributed by atoms with Crippen LogP contribution in [0.15, 0.2) is 0 Å². The van der Waals surface area contributed by atoms with Crippen LogP contribution in [0.4, 0.5) is 0 Å². The van der Waals surface area contributed by atoms with Crippen LogP contribution in [0, 0.1) is 11.8 Å². The van der Waals surface area contributed by atoms with Gasteiger partial charge in [-0.05, 0) is 37.8 Å². The van der Waals surface area contributed by atoms with E-state index in [1.807, 2.05) is 6.92 Å². The number of carbonyl (C=O) groups excluding carboxylic acids is 1. The molecule has 2 atom stereocenters. The molecule has 2 unspecified atom stereocenters. The molecule has 0 aromatic carbocycles. The summed E-state index contributed by atoms with van der Waals surface area (Å²) in [5.74, 6) is 1.02. The summed E-state index contributed by atoms with van der Waals surface area (Å²) in [6, 6.07) is 0. The fraction of sp³-hybridized carbons (Fsp3) is 0.909. The van der Waals surface area contributed by atoms with Gasteiger partial charge in [-0.1, -0.05) is 6.92 Å². The molecule has 0 aromatic rings. The average Bonchev–Trinajstić information content (AvgIpc) is 2.68. The second-order valence-corrected chi connectivity index (χ2v) is 4.48. The van der Waals surface area contributed by atoms with Crippen molar-refractivity contribution in [1.29, 1.82) is 0 Å². The Bertz CT molecular complexity index is 191. The van der Waals surface area contributed by atoms with E-state index in [9.17, 15) is 4.79 Å². The van der Waals surface area contributed by atoms with Crippen molar-refractivity contribution in [2.75, 3.05) is 26.2 Å². The van der Waals surface area contributed by atoms with Gasteiger partial charge < -0.3 is 15.7 Å². The molecule has 0 bridgehead atoms. The molecule has 1 heterocycles. The monoisotopic (exact) mass is 214 g/mol. The molecule has 0 saturated carbocycles. The van der Waals surface area contributed by atoms with Crippen LogP contribution in [-0.2, 0) is 4.79 Å². The van der Waals surface area contributed by atoms with Gasteiger partial charge in [0.25, 0.3) is 0 Å². The van der Waals surface area contributed by atoms with E-state index in [0.29, 0.717) is 24.8 Å². The zero-order valence-corrected chi connectivity index (χ0v) is 9.46. The number of rotatable bonds is 6. The van der Waals surface area contributed by atoms with Crippen LogP contribution < -0.4 is 10.6 Å². The van der Waals surface area contributed by atoms with Crippen molar-refractivity contribution in [3.63, 3.8) is 0 Å². The second kappa shape index (κ2) is 6.80. The fourth-order valence-corrected chi connectivity index (χ4v) is 1.83. The molecular weight excluding hydrogens is 192 g/mol. The summed E-state index contributed by atoms with van der Waals surface area (Å²) in [7, 11) is 0. The van der Waals surface area contributed by atoms with Crippen LogP contribution in [0.3, 0.4) is 0 Å². The van der Waals surface area contributed by atoms with Crippen molar-refractivity contribution in [1.82, 2.24) is 10.6 Å². The topological polar surface area (TPSA) is 61.4 Å². The highest BCUT2D eigenvalue weighted by Gasteiger charge is 2.17. The molecule has 88 valence electrons. The van der Waals surface area contributed by atoms with Gasteiger partial charge in [0.2, 0.25) is 5.91 Å². The summed E-state index contributed by atoms with van der Waals surface area (Å²) < 4.78 is 0. The minimum absolute atomic E-state index is 0.147. The third-order valence-corrected chi connectivity index (χ3v) is 2.91. The average molecular weight is 214 g/mol. The second-order valence-electron chi connectivity index (χ2n) is 4.48.